The fraction of sp³-hybridized carbons (Fsp3) is 0.296. The number of carbonyl (C=O) groups is 1. The van der Waals surface area contributed by atoms with Gasteiger partial charge in [-0.3, -0.25) is 4.90 Å². The zero-order valence-corrected chi connectivity index (χ0v) is 25.0. The molecule has 1 heterocycles. The van der Waals surface area contributed by atoms with Crippen LogP contribution in [0.15, 0.2) is 65.6 Å². The first-order chi connectivity index (χ1) is 17.2. The maximum Gasteiger partial charge on any atom is 1.00 e. The van der Waals surface area contributed by atoms with E-state index < -0.39 is 12.4 Å². The Morgan fingerprint density at radius 1 is 0.973 bits per heavy atom. The third kappa shape index (κ3) is 6.16. The van der Waals surface area contributed by atoms with Crippen molar-refractivity contribution in [1.29, 1.82) is 0 Å². The molecule has 0 unspecified atom stereocenters. The standard InChI is InChI=1S/C27H27BF3N2O2S.K/c1-18-19(14-20(15-26(18)36)28(29,30)31)16-32-10-12-33(13-11-32)27(34)35-17-25-23-8-4-2-6-21(23)22-7-3-5-9-24(22)25;/h2-9,14-15,25,36H,10-13,16-17H2,1H3;/q-1;+1. The number of fused-ring (bicyclic) bond motifs is 3. The van der Waals surface area contributed by atoms with Crippen molar-refractivity contribution in [2.45, 2.75) is 24.3 Å². The number of hydrogen-bond acceptors (Lipinski definition) is 4. The Hall–Kier alpha value is -1.27. The van der Waals surface area contributed by atoms with Gasteiger partial charge in [-0.15, -0.1) is 18.1 Å². The summed E-state index contributed by atoms with van der Waals surface area (Å²) in [5.41, 5.74) is 5.43. The number of carbonyl (C=O) groups excluding carboxylic acids is 1. The average Bonchev–Trinajstić information content (AvgIpc) is 3.19. The fourth-order valence-corrected chi connectivity index (χ4v) is 5.44. The number of ether oxygens (including phenoxy) is 1. The minimum atomic E-state index is -5.09. The van der Waals surface area contributed by atoms with E-state index in [0.29, 0.717) is 43.2 Å². The zero-order chi connectivity index (χ0) is 25.4. The molecule has 0 radical (unpaired) electrons. The van der Waals surface area contributed by atoms with Crippen molar-refractivity contribution < 1.29 is 73.9 Å². The van der Waals surface area contributed by atoms with Crippen molar-refractivity contribution in [1.82, 2.24) is 9.80 Å². The molecule has 1 aliphatic heterocycles. The van der Waals surface area contributed by atoms with Crippen LogP contribution in [0.3, 0.4) is 0 Å². The van der Waals surface area contributed by atoms with E-state index in [1.54, 1.807) is 11.8 Å². The van der Waals surface area contributed by atoms with Crippen molar-refractivity contribution in [3.8, 4) is 11.1 Å². The number of piperazine rings is 1. The molecule has 10 heteroatoms. The Balaban J connectivity index is 0.00000320. The molecule has 0 N–H and O–H groups in total. The predicted molar refractivity (Wildman–Crippen MR) is 139 cm³/mol. The summed E-state index contributed by atoms with van der Waals surface area (Å²) >= 11 is 4.25. The molecule has 1 fully saturated rings. The minimum absolute atomic E-state index is 0. The Morgan fingerprint density at radius 2 is 1.54 bits per heavy atom. The van der Waals surface area contributed by atoms with Gasteiger partial charge >= 0.3 is 64.5 Å². The van der Waals surface area contributed by atoms with Crippen molar-refractivity contribution in [3.63, 3.8) is 0 Å². The first-order valence-corrected chi connectivity index (χ1v) is 12.5. The van der Waals surface area contributed by atoms with Crippen LogP contribution >= 0.6 is 12.6 Å². The van der Waals surface area contributed by atoms with Gasteiger partial charge in [-0.1, -0.05) is 60.7 Å². The molecule has 1 aliphatic carbocycles. The number of amides is 1. The summed E-state index contributed by atoms with van der Waals surface area (Å²) in [4.78, 5) is 16.9. The van der Waals surface area contributed by atoms with Gasteiger partial charge in [0, 0.05) is 43.5 Å². The Morgan fingerprint density at radius 3 is 2.11 bits per heavy atom. The fourth-order valence-electron chi connectivity index (χ4n) is 5.15. The first kappa shape index (κ1) is 28.7. The van der Waals surface area contributed by atoms with Crippen molar-refractivity contribution in [3.05, 3.63) is 82.9 Å². The second-order valence-electron chi connectivity index (χ2n) is 9.47. The molecule has 1 saturated heterocycles. The van der Waals surface area contributed by atoms with Crippen LogP contribution in [0.1, 0.15) is 28.2 Å². The third-order valence-corrected chi connectivity index (χ3v) is 7.71. The van der Waals surface area contributed by atoms with Gasteiger partial charge in [-0.2, -0.15) is 0 Å². The van der Waals surface area contributed by atoms with E-state index in [9.17, 15) is 17.7 Å². The van der Waals surface area contributed by atoms with Gasteiger partial charge in [0.05, 0.1) is 0 Å². The Bertz CT molecular complexity index is 1250. The van der Waals surface area contributed by atoms with Crippen molar-refractivity contribution in [2.75, 3.05) is 32.8 Å². The van der Waals surface area contributed by atoms with E-state index in [1.807, 2.05) is 24.3 Å². The first-order valence-electron chi connectivity index (χ1n) is 12.1. The molecule has 0 atom stereocenters. The SMILES string of the molecule is Cc1c(S)cc([B-](F)(F)F)cc1CN1CCN(C(=O)OCC2c3ccccc3-c3ccccc32)CC1.[K+]. The Labute approximate surface area is 263 Å². The topological polar surface area (TPSA) is 32.8 Å². The van der Waals surface area contributed by atoms with Gasteiger partial charge in [0.1, 0.15) is 6.61 Å². The second-order valence-corrected chi connectivity index (χ2v) is 9.95. The van der Waals surface area contributed by atoms with Gasteiger partial charge in [-0.25, -0.2) is 4.79 Å². The summed E-state index contributed by atoms with van der Waals surface area (Å²) in [7, 11) is 0. The van der Waals surface area contributed by atoms with Crippen LogP contribution in [-0.4, -0.2) is 55.7 Å². The van der Waals surface area contributed by atoms with Crippen LogP contribution in [0.25, 0.3) is 11.1 Å². The number of nitrogens with zero attached hydrogens (tertiary/aromatic N) is 2. The molecule has 0 spiro atoms. The molecule has 0 bridgehead atoms. The van der Waals surface area contributed by atoms with E-state index in [-0.39, 0.29) is 70.0 Å². The molecule has 4 nitrogen and oxygen atoms in total. The molecule has 37 heavy (non-hydrogen) atoms. The van der Waals surface area contributed by atoms with Gasteiger partial charge in [0.25, 0.3) is 0 Å². The smallest absolute Gasteiger partial charge is 0.448 e. The summed E-state index contributed by atoms with van der Waals surface area (Å²) in [5, 5.41) is 0. The van der Waals surface area contributed by atoms with E-state index >= 15 is 0 Å². The zero-order valence-electron chi connectivity index (χ0n) is 21.0. The number of halogens is 3. The number of rotatable bonds is 5. The van der Waals surface area contributed by atoms with E-state index in [1.165, 1.54) is 17.2 Å². The third-order valence-electron chi connectivity index (χ3n) is 7.25. The summed E-state index contributed by atoms with van der Waals surface area (Å²) in [6.07, 6.45) is -0.355. The van der Waals surface area contributed by atoms with Gasteiger partial charge in [0.2, 0.25) is 0 Å². The van der Waals surface area contributed by atoms with E-state index in [4.69, 9.17) is 4.74 Å². The maximum atomic E-state index is 13.3. The minimum Gasteiger partial charge on any atom is -0.448 e. The normalized spacial score (nSPS) is 15.6. The summed E-state index contributed by atoms with van der Waals surface area (Å²) in [6.45, 7) is -0.591. The maximum absolute atomic E-state index is 13.3. The van der Waals surface area contributed by atoms with E-state index in [0.717, 1.165) is 22.8 Å². The van der Waals surface area contributed by atoms with Crippen LogP contribution in [-0.2, 0) is 11.3 Å². The largest absolute Gasteiger partial charge is 1.00 e. The summed E-state index contributed by atoms with van der Waals surface area (Å²) in [6, 6.07) is 18.7. The summed E-state index contributed by atoms with van der Waals surface area (Å²) in [5.74, 6) is 0.00329. The molecular weight excluding hydrogens is 523 g/mol. The van der Waals surface area contributed by atoms with Gasteiger partial charge in [0.15, 0.2) is 0 Å². The summed E-state index contributed by atoms with van der Waals surface area (Å²) < 4.78 is 45.7. The van der Waals surface area contributed by atoms with Gasteiger partial charge in [-0.05, 0) is 40.3 Å². The second kappa shape index (κ2) is 11.9. The molecule has 0 saturated carbocycles. The molecule has 3 aromatic carbocycles. The van der Waals surface area contributed by atoms with Gasteiger partial charge < -0.3 is 22.6 Å². The number of hydrogen-bond donors (Lipinski definition) is 1. The van der Waals surface area contributed by atoms with E-state index in [2.05, 4.69) is 41.8 Å². The number of thiol groups is 1. The average molecular weight is 550 g/mol. The van der Waals surface area contributed by atoms with Crippen LogP contribution in [0.4, 0.5) is 17.7 Å². The molecule has 5 rings (SSSR count). The van der Waals surface area contributed by atoms with Crippen LogP contribution < -0.4 is 56.8 Å². The van der Waals surface area contributed by atoms with Crippen molar-refractivity contribution >= 4 is 31.2 Å². The van der Waals surface area contributed by atoms with Crippen LogP contribution in [0.5, 0.6) is 0 Å². The monoisotopic (exact) mass is 550 g/mol. The number of benzene rings is 3. The Kier molecular flexibility index (Phi) is 9.21. The molecular formula is C27H27BF3KN2O2S. The predicted octanol–water partition coefficient (Wildman–Crippen LogP) is 2.41. The molecule has 3 aromatic rings. The molecule has 2 aliphatic rings. The quantitative estimate of drug-likeness (QED) is 0.392. The molecule has 0 aromatic heterocycles. The molecule has 188 valence electrons. The van der Waals surface area contributed by atoms with Crippen LogP contribution in [0.2, 0.25) is 0 Å². The van der Waals surface area contributed by atoms with Crippen molar-refractivity contribution in [2.24, 2.45) is 0 Å². The van der Waals surface area contributed by atoms with Crippen LogP contribution in [0, 0.1) is 6.92 Å². The molecule has 1 amide bonds.